The van der Waals surface area contributed by atoms with Crippen molar-refractivity contribution in [2.45, 2.75) is 6.92 Å². The summed E-state index contributed by atoms with van der Waals surface area (Å²) >= 11 is 0. The van der Waals surface area contributed by atoms with Crippen LogP contribution in [0.3, 0.4) is 0 Å². The van der Waals surface area contributed by atoms with Crippen LogP contribution < -0.4 is 20.9 Å². The number of hydrogen-bond donors (Lipinski definition) is 2. The van der Waals surface area contributed by atoms with Gasteiger partial charge in [0.1, 0.15) is 0 Å². The molecule has 18 heavy (non-hydrogen) atoms. The van der Waals surface area contributed by atoms with Gasteiger partial charge in [0.15, 0.2) is 11.5 Å². The lowest BCUT2D eigenvalue weighted by Gasteiger charge is -2.07. The van der Waals surface area contributed by atoms with Crippen molar-refractivity contribution < 1.29 is 14.3 Å². The van der Waals surface area contributed by atoms with Gasteiger partial charge in [-0.05, 0) is 23.8 Å². The molecule has 0 fully saturated rings. The van der Waals surface area contributed by atoms with E-state index in [1.54, 1.807) is 18.2 Å². The highest BCUT2D eigenvalue weighted by atomic mass is 16.6. The molecule has 0 heterocycles. The Kier molecular flexibility index (Phi) is 4.67. The zero-order valence-electron chi connectivity index (χ0n) is 10.1. The van der Waals surface area contributed by atoms with Crippen LogP contribution in [0.15, 0.2) is 28.4 Å². The first-order valence-corrected chi connectivity index (χ1v) is 5.01. The van der Waals surface area contributed by atoms with Gasteiger partial charge in [0.2, 0.25) is 5.96 Å². The third-order valence-electron chi connectivity index (χ3n) is 1.82. The van der Waals surface area contributed by atoms with Crippen molar-refractivity contribution in [2.75, 3.05) is 7.11 Å². The average molecular weight is 250 g/mol. The first-order valence-electron chi connectivity index (χ1n) is 5.01. The summed E-state index contributed by atoms with van der Waals surface area (Å²) in [7, 11) is 1.47. The van der Waals surface area contributed by atoms with Crippen LogP contribution in [0, 0.1) is 0 Å². The minimum atomic E-state index is -0.421. The van der Waals surface area contributed by atoms with Crippen LogP contribution in [-0.2, 0) is 4.79 Å². The molecule has 0 bridgehead atoms. The minimum absolute atomic E-state index is 0.130. The summed E-state index contributed by atoms with van der Waals surface area (Å²) in [5.74, 6) is 0.202. The van der Waals surface area contributed by atoms with E-state index < -0.39 is 5.97 Å². The van der Waals surface area contributed by atoms with Crippen LogP contribution in [-0.4, -0.2) is 25.3 Å². The Morgan fingerprint density at radius 2 is 2.06 bits per heavy atom. The summed E-state index contributed by atoms with van der Waals surface area (Å²) in [6.45, 7) is 1.31. The Morgan fingerprint density at radius 1 is 1.33 bits per heavy atom. The van der Waals surface area contributed by atoms with Gasteiger partial charge in [-0.3, -0.25) is 4.79 Å². The number of ether oxygens (including phenoxy) is 2. The van der Waals surface area contributed by atoms with Crippen molar-refractivity contribution in [3.63, 3.8) is 0 Å². The van der Waals surface area contributed by atoms with E-state index in [0.717, 1.165) is 0 Å². The van der Waals surface area contributed by atoms with E-state index >= 15 is 0 Å². The number of benzene rings is 1. The van der Waals surface area contributed by atoms with Crippen LogP contribution in [0.25, 0.3) is 0 Å². The zero-order valence-corrected chi connectivity index (χ0v) is 10.1. The predicted molar refractivity (Wildman–Crippen MR) is 67.7 cm³/mol. The molecule has 0 saturated carbocycles. The molecule has 0 aromatic heterocycles. The molecule has 0 aliphatic rings. The monoisotopic (exact) mass is 250 g/mol. The highest BCUT2D eigenvalue weighted by Gasteiger charge is 2.06. The molecule has 1 rings (SSSR count). The van der Waals surface area contributed by atoms with Gasteiger partial charge in [0, 0.05) is 6.92 Å². The first-order chi connectivity index (χ1) is 8.52. The predicted octanol–water partition coefficient (Wildman–Crippen LogP) is 0.228. The molecule has 4 N–H and O–H groups in total. The summed E-state index contributed by atoms with van der Waals surface area (Å²) in [5.41, 5.74) is 10.9. The molecule has 1 aromatic rings. The molecule has 0 radical (unpaired) electrons. The molecule has 0 saturated heterocycles. The number of carbonyl (C=O) groups excluding carboxylic acids is 1. The summed E-state index contributed by atoms with van der Waals surface area (Å²) < 4.78 is 10.0. The van der Waals surface area contributed by atoms with Crippen LogP contribution in [0.1, 0.15) is 12.5 Å². The maximum Gasteiger partial charge on any atom is 0.308 e. The van der Waals surface area contributed by atoms with E-state index in [2.05, 4.69) is 10.2 Å². The lowest BCUT2D eigenvalue weighted by molar-refractivity contribution is -0.132. The Bertz CT molecular complexity index is 493. The molecular formula is C11H14N4O3. The number of nitrogens with two attached hydrogens (primary N) is 2. The van der Waals surface area contributed by atoms with Gasteiger partial charge in [0.05, 0.1) is 13.3 Å². The smallest absolute Gasteiger partial charge is 0.308 e. The van der Waals surface area contributed by atoms with Crippen molar-refractivity contribution >= 4 is 18.1 Å². The van der Waals surface area contributed by atoms with Crippen LogP contribution in [0.5, 0.6) is 11.5 Å². The van der Waals surface area contributed by atoms with Crippen LogP contribution in [0.4, 0.5) is 0 Å². The quantitative estimate of drug-likeness (QED) is 0.261. The van der Waals surface area contributed by atoms with Crippen molar-refractivity contribution in [1.82, 2.24) is 0 Å². The molecule has 0 aliphatic heterocycles. The van der Waals surface area contributed by atoms with Crippen molar-refractivity contribution in [2.24, 2.45) is 21.7 Å². The highest BCUT2D eigenvalue weighted by molar-refractivity contribution is 5.83. The number of rotatable bonds is 4. The Hall–Kier alpha value is -2.57. The normalized spacial score (nSPS) is 10.1. The van der Waals surface area contributed by atoms with E-state index in [0.29, 0.717) is 17.1 Å². The van der Waals surface area contributed by atoms with Gasteiger partial charge >= 0.3 is 5.97 Å². The van der Waals surface area contributed by atoms with E-state index in [9.17, 15) is 4.79 Å². The van der Waals surface area contributed by atoms with Crippen LogP contribution >= 0.6 is 0 Å². The standard InChI is InChI=1S/C11H14N4O3/c1-7(16)18-9-4-3-8(5-10(9)17-2)6-14-15-11(12)13/h3-6H,1-2H3,(H4,12,13,15)/b14-6-. The second kappa shape index (κ2) is 6.24. The minimum Gasteiger partial charge on any atom is -0.493 e. The number of hydrogen-bond acceptors (Lipinski definition) is 5. The average Bonchev–Trinajstić information content (AvgIpc) is 2.29. The number of methoxy groups -OCH3 is 1. The molecule has 7 nitrogen and oxygen atoms in total. The topological polar surface area (TPSA) is 112 Å². The van der Waals surface area contributed by atoms with Crippen LogP contribution in [0.2, 0.25) is 0 Å². The van der Waals surface area contributed by atoms with Gasteiger partial charge in [-0.25, -0.2) is 0 Å². The lowest BCUT2D eigenvalue weighted by Crippen LogP contribution is -2.21. The molecule has 0 aliphatic carbocycles. The number of guanidine groups is 1. The van der Waals surface area contributed by atoms with Gasteiger partial charge in [-0.2, -0.15) is 5.10 Å². The molecule has 96 valence electrons. The van der Waals surface area contributed by atoms with Crippen molar-refractivity contribution in [3.05, 3.63) is 23.8 Å². The maximum absolute atomic E-state index is 10.9. The third-order valence-corrected chi connectivity index (χ3v) is 1.82. The van der Waals surface area contributed by atoms with Crippen molar-refractivity contribution in [3.8, 4) is 11.5 Å². The molecule has 0 spiro atoms. The summed E-state index contributed by atoms with van der Waals surface area (Å²) in [6.07, 6.45) is 1.44. The first kappa shape index (κ1) is 13.5. The fraction of sp³-hybridized carbons (Fsp3) is 0.182. The lowest BCUT2D eigenvalue weighted by atomic mass is 10.2. The van der Waals surface area contributed by atoms with Gasteiger partial charge in [0.25, 0.3) is 0 Å². The molecule has 0 atom stereocenters. The summed E-state index contributed by atoms with van der Waals surface area (Å²) in [4.78, 5) is 10.9. The number of carbonyl (C=O) groups is 1. The van der Waals surface area contributed by atoms with E-state index in [1.807, 2.05) is 0 Å². The number of nitrogens with zero attached hydrogens (tertiary/aromatic N) is 2. The Labute approximate surface area is 104 Å². The van der Waals surface area contributed by atoms with Gasteiger partial charge in [-0.15, -0.1) is 5.10 Å². The van der Waals surface area contributed by atoms with Gasteiger partial charge < -0.3 is 20.9 Å². The van der Waals surface area contributed by atoms with Gasteiger partial charge in [-0.1, -0.05) is 0 Å². The second-order valence-corrected chi connectivity index (χ2v) is 3.27. The second-order valence-electron chi connectivity index (χ2n) is 3.27. The van der Waals surface area contributed by atoms with E-state index in [4.69, 9.17) is 20.9 Å². The molecular weight excluding hydrogens is 236 g/mol. The fourth-order valence-electron chi connectivity index (χ4n) is 1.17. The SMILES string of the molecule is COc1cc(/C=N\N=C(N)N)ccc1OC(C)=O. The Balaban J connectivity index is 2.94. The largest absolute Gasteiger partial charge is 0.493 e. The zero-order chi connectivity index (χ0) is 13.5. The van der Waals surface area contributed by atoms with E-state index in [1.165, 1.54) is 20.2 Å². The maximum atomic E-state index is 10.9. The highest BCUT2D eigenvalue weighted by Crippen LogP contribution is 2.27. The molecule has 1 aromatic carbocycles. The van der Waals surface area contributed by atoms with E-state index in [-0.39, 0.29) is 5.96 Å². The summed E-state index contributed by atoms with van der Waals surface area (Å²) in [5, 5.41) is 7.12. The molecule has 0 amide bonds. The fourth-order valence-corrected chi connectivity index (χ4v) is 1.17. The molecule has 7 heteroatoms. The molecule has 0 unspecified atom stereocenters. The Morgan fingerprint density at radius 3 is 2.61 bits per heavy atom. The number of esters is 1. The summed E-state index contributed by atoms with van der Waals surface area (Å²) in [6, 6.07) is 4.92. The van der Waals surface area contributed by atoms with Crippen molar-refractivity contribution in [1.29, 1.82) is 0 Å². The third kappa shape index (κ3) is 4.12.